The van der Waals surface area contributed by atoms with Crippen molar-refractivity contribution < 1.29 is 23.7 Å². The average Bonchev–Trinajstić information content (AvgIpc) is 2.78. The number of benzene rings is 2. The van der Waals surface area contributed by atoms with Gasteiger partial charge in [-0.1, -0.05) is 42.5 Å². The third-order valence-electron chi connectivity index (χ3n) is 4.06. The molecule has 30 heavy (non-hydrogen) atoms. The molecule has 0 amide bonds. The van der Waals surface area contributed by atoms with E-state index in [-0.39, 0.29) is 29.1 Å². The van der Waals surface area contributed by atoms with Crippen LogP contribution in [0.3, 0.4) is 0 Å². The third-order valence-corrected chi connectivity index (χ3v) is 4.06. The van der Waals surface area contributed by atoms with E-state index in [0.29, 0.717) is 5.56 Å². The van der Waals surface area contributed by atoms with Crippen LogP contribution in [0.1, 0.15) is 17.3 Å². The maximum Gasteiger partial charge on any atom is 0.343 e. The molecule has 0 spiro atoms. The zero-order chi connectivity index (χ0) is 21.5. The zero-order valence-electron chi connectivity index (χ0n) is 16.7. The van der Waals surface area contributed by atoms with Crippen LogP contribution in [0.15, 0.2) is 54.6 Å². The van der Waals surface area contributed by atoms with Crippen LogP contribution < -0.4 is 14.2 Å². The Morgan fingerprint density at radius 1 is 1.00 bits per heavy atom. The fourth-order valence-electron chi connectivity index (χ4n) is 2.67. The summed E-state index contributed by atoms with van der Waals surface area (Å²) in [5, 5.41) is 9.03. The van der Waals surface area contributed by atoms with Crippen molar-refractivity contribution in [2.45, 2.75) is 13.0 Å². The maximum absolute atomic E-state index is 12.9. The van der Waals surface area contributed by atoms with E-state index < -0.39 is 12.1 Å². The molecule has 8 nitrogen and oxygen atoms in total. The molecule has 1 unspecified atom stereocenters. The summed E-state index contributed by atoms with van der Waals surface area (Å²) in [7, 11) is 2.90. The number of carbonyl (C=O) groups excluding carboxylic acids is 1. The molecule has 0 aliphatic carbocycles. The smallest absolute Gasteiger partial charge is 0.343 e. The number of nitriles is 1. The topological polar surface area (TPSA) is 104 Å². The molecule has 3 aromatic rings. The van der Waals surface area contributed by atoms with Gasteiger partial charge in [-0.15, -0.1) is 0 Å². The van der Waals surface area contributed by atoms with E-state index in [4.69, 9.17) is 24.2 Å². The van der Waals surface area contributed by atoms with Gasteiger partial charge >= 0.3 is 12.0 Å². The lowest BCUT2D eigenvalue weighted by Crippen LogP contribution is -2.15. The SMILES string of the molecule is COc1cc(OC)nc(Oc2cccc(-c3ccccc3)c2C(=O)OC(C)C#N)n1. The Morgan fingerprint density at radius 2 is 1.67 bits per heavy atom. The Morgan fingerprint density at radius 3 is 2.27 bits per heavy atom. The minimum Gasteiger partial charge on any atom is -0.481 e. The van der Waals surface area contributed by atoms with Gasteiger partial charge in [0.2, 0.25) is 11.8 Å². The second-order valence-electron chi connectivity index (χ2n) is 6.06. The van der Waals surface area contributed by atoms with Crippen molar-refractivity contribution in [2.24, 2.45) is 0 Å². The summed E-state index contributed by atoms with van der Waals surface area (Å²) in [6.07, 6.45) is -0.928. The van der Waals surface area contributed by atoms with Crippen molar-refractivity contribution in [3.63, 3.8) is 0 Å². The Bertz CT molecular complexity index is 1060. The first-order chi connectivity index (χ1) is 14.5. The summed E-state index contributed by atoms with van der Waals surface area (Å²) in [6.45, 7) is 1.49. The van der Waals surface area contributed by atoms with Crippen molar-refractivity contribution in [1.82, 2.24) is 9.97 Å². The standard InChI is InChI=1S/C22H19N3O5/c1-14(13-23)29-21(26)20-16(15-8-5-4-6-9-15)10-7-11-17(20)30-22-24-18(27-2)12-19(25-22)28-3/h4-12,14H,1-3H3. The Kier molecular flexibility index (Phi) is 6.45. The highest BCUT2D eigenvalue weighted by Gasteiger charge is 2.23. The lowest BCUT2D eigenvalue weighted by atomic mass is 9.99. The van der Waals surface area contributed by atoms with Crippen LogP contribution in [0.4, 0.5) is 0 Å². The lowest BCUT2D eigenvalue weighted by Gasteiger charge is -2.15. The van der Waals surface area contributed by atoms with Crippen LogP contribution in [0.2, 0.25) is 0 Å². The van der Waals surface area contributed by atoms with E-state index in [0.717, 1.165) is 5.56 Å². The highest BCUT2D eigenvalue weighted by atomic mass is 16.5. The summed E-state index contributed by atoms with van der Waals surface area (Å²) < 4.78 is 21.3. The average molecular weight is 405 g/mol. The molecule has 0 saturated heterocycles. The molecule has 0 bridgehead atoms. The Labute approximate surface area is 173 Å². The van der Waals surface area contributed by atoms with Crippen LogP contribution in [-0.2, 0) is 4.74 Å². The number of methoxy groups -OCH3 is 2. The Hall–Kier alpha value is -4.12. The molecule has 0 radical (unpaired) electrons. The molecule has 1 aromatic heterocycles. The van der Waals surface area contributed by atoms with E-state index in [1.807, 2.05) is 36.4 Å². The summed E-state index contributed by atoms with van der Waals surface area (Å²) in [5.74, 6) is -0.0632. The fourth-order valence-corrected chi connectivity index (χ4v) is 2.67. The van der Waals surface area contributed by atoms with E-state index in [1.54, 1.807) is 18.2 Å². The molecule has 0 saturated carbocycles. The molecule has 0 aliphatic heterocycles. The molecule has 0 fully saturated rings. The van der Waals surface area contributed by atoms with E-state index in [2.05, 4.69) is 9.97 Å². The van der Waals surface area contributed by atoms with Crippen molar-refractivity contribution >= 4 is 5.97 Å². The van der Waals surface area contributed by atoms with E-state index in [9.17, 15) is 4.79 Å². The number of rotatable bonds is 7. The number of esters is 1. The molecule has 0 aliphatic rings. The van der Waals surface area contributed by atoms with Gasteiger partial charge in [0, 0.05) is 0 Å². The summed E-state index contributed by atoms with van der Waals surface area (Å²) in [4.78, 5) is 21.2. The number of nitrogens with zero attached hydrogens (tertiary/aromatic N) is 3. The third kappa shape index (κ3) is 4.64. The quantitative estimate of drug-likeness (QED) is 0.543. The molecule has 1 heterocycles. The summed E-state index contributed by atoms with van der Waals surface area (Å²) in [6, 6.07) is 17.7. The van der Waals surface area contributed by atoms with Gasteiger partial charge in [0.25, 0.3) is 0 Å². The second kappa shape index (κ2) is 9.39. The molecule has 1 atom stereocenters. The van der Waals surface area contributed by atoms with Crippen LogP contribution in [0, 0.1) is 11.3 Å². The minimum atomic E-state index is -0.928. The summed E-state index contributed by atoms with van der Waals surface area (Å²) >= 11 is 0. The highest BCUT2D eigenvalue weighted by molar-refractivity contribution is 6.00. The molecule has 0 N–H and O–H groups in total. The van der Waals surface area contributed by atoms with Crippen molar-refractivity contribution in [1.29, 1.82) is 5.26 Å². The number of carbonyl (C=O) groups is 1. The van der Waals surface area contributed by atoms with Crippen molar-refractivity contribution in [3.05, 3.63) is 60.2 Å². The number of hydrogen-bond acceptors (Lipinski definition) is 8. The van der Waals surface area contributed by atoms with Gasteiger partial charge in [0.1, 0.15) is 17.4 Å². The molecular formula is C22H19N3O5. The van der Waals surface area contributed by atoms with Crippen LogP contribution >= 0.6 is 0 Å². The molecular weight excluding hydrogens is 386 g/mol. The van der Waals surface area contributed by atoms with Gasteiger partial charge in [-0.25, -0.2) is 4.79 Å². The van der Waals surface area contributed by atoms with Crippen molar-refractivity contribution in [3.8, 4) is 40.7 Å². The van der Waals surface area contributed by atoms with Gasteiger partial charge in [-0.3, -0.25) is 0 Å². The first-order valence-corrected chi connectivity index (χ1v) is 8.99. The van der Waals surface area contributed by atoms with Gasteiger partial charge in [-0.2, -0.15) is 15.2 Å². The van der Waals surface area contributed by atoms with E-state index in [1.165, 1.54) is 27.2 Å². The predicted octanol–water partition coefficient (Wildman–Crippen LogP) is 4.02. The summed E-state index contributed by atoms with van der Waals surface area (Å²) in [5.41, 5.74) is 1.51. The molecule has 2 aromatic carbocycles. The first-order valence-electron chi connectivity index (χ1n) is 8.99. The monoisotopic (exact) mass is 405 g/mol. The van der Waals surface area contributed by atoms with Crippen LogP contribution in [0.25, 0.3) is 11.1 Å². The number of aromatic nitrogens is 2. The number of hydrogen-bond donors (Lipinski definition) is 0. The fraction of sp³-hybridized carbons (Fsp3) is 0.182. The first kappa shape index (κ1) is 20.6. The molecule has 152 valence electrons. The molecule has 8 heteroatoms. The minimum absolute atomic E-state index is 0.0706. The van der Waals surface area contributed by atoms with Crippen LogP contribution in [0.5, 0.6) is 23.5 Å². The van der Waals surface area contributed by atoms with Crippen molar-refractivity contribution in [2.75, 3.05) is 14.2 Å². The van der Waals surface area contributed by atoms with Gasteiger partial charge in [0.15, 0.2) is 6.10 Å². The van der Waals surface area contributed by atoms with Gasteiger partial charge < -0.3 is 18.9 Å². The van der Waals surface area contributed by atoms with Gasteiger partial charge in [0.05, 0.1) is 20.3 Å². The van der Waals surface area contributed by atoms with Gasteiger partial charge in [-0.05, 0) is 24.1 Å². The lowest BCUT2D eigenvalue weighted by molar-refractivity contribution is 0.0433. The normalized spacial score (nSPS) is 11.1. The van der Waals surface area contributed by atoms with E-state index >= 15 is 0 Å². The highest BCUT2D eigenvalue weighted by Crippen LogP contribution is 2.34. The van der Waals surface area contributed by atoms with Crippen LogP contribution in [-0.4, -0.2) is 36.3 Å². The largest absolute Gasteiger partial charge is 0.481 e. The second-order valence-corrected chi connectivity index (χ2v) is 6.06. The molecule has 3 rings (SSSR count). The predicted molar refractivity (Wildman–Crippen MR) is 108 cm³/mol. The maximum atomic E-state index is 12.9. The Balaban J connectivity index is 2.10. The zero-order valence-corrected chi connectivity index (χ0v) is 16.7. The number of ether oxygens (including phenoxy) is 4.